The maximum Gasteiger partial charge on any atom is 0.490 e. The molecular weight excluding hydrogens is 1710 g/mol. The summed E-state index contributed by atoms with van der Waals surface area (Å²) in [4.78, 5) is 271. The van der Waals surface area contributed by atoms with Crippen molar-refractivity contribution in [2.75, 3.05) is 19.7 Å². The first kappa shape index (κ1) is 105. The van der Waals surface area contributed by atoms with Crippen LogP contribution in [0.4, 0.5) is 13.2 Å². The van der Waals surface area contributed by atoms with Crippen molar-refractivity contribution >= 4 is 119 Å². The van der Waals surface area contributed by atoms with Crippen LogP contribution in [-0.2, 0) is 123 Å². The van der Waals surface area contributed by atoms with Crippen LogP contribution in [0.1, 0.15) is 100 Å². The number of aliphatic hydroxyl groups is 1. The van der Waals surface area contributed by atoms with Crippen molar-refractivity contribution < 1.29 is 145 Å². The molecule has 13 amide bonds. The fraction of sp³-hybridized carbons (Fsp3) is 0.453. The number of amides is 13. The number of rotatable bonds is 53. The minimum absolute atomic E-state index is 0.0623. The van der Waals surface area contributed by atoms with Gasteiger partial charge in [-0.1, -0.05) is 56.3 Å². The van der Waals surface area contributed by atoms with Gasteiger partial charge in [0.05, 0.1) is 68.1 Å². The molecule has 5 rings (SSSR count). The quantitative estimate of drug-likeness (QED) is 0.00977. The smallest absolute Gasteiger partial charge is 0.490 e. The number of hydrogen-bond donors (Lipinski definition) is 28. The summed E-state index contributed by atoms with van der Waals surface area (Å²) < 4.78 is 31.7. The third-order valence-electron chi connectivity index (χ3n) is 18.1. The number of carbonyl (C=O) groups is 19. The van der Waals surface area contributed by atoms with Crippen molar-refractivity contribution in [3.63, 3.8) is 0 Å². The average Bonchev–Trinajstić information content (AvgIpc) is 1.12. The molecule has 0 saturated carbocycles. The maximum atomic E-state index is 14.7. The maximum absolute atomic E-state index is 14.7. The fourth-order valence-corrected chi connectivity index (χ4v) is 11.5. The van der Waals surface area contributed by atoms with E-state index in [-0.39, 0.29) is 67.0 Å². The van der Waals surface area contributed by atoms with E-state index in [4.69, 9.17) is 31.9 Å². The number of nitrogens with two attached hydrogens (primary N) is 2. The molecule has 0 spiro atoms. The molecule has 698 valence electrons. The summed E-state index contributed by atoms with van der Waals surface area (Å²) in [5.41, 5.74) is 12.3. The number of phenolic OH excluding ortho intramolecular Hbond substituents is 1. The highest BCUT2D eigenvalue weighted by atomic mass is 19.4. The number of carboxylic acid groups (broad SMARTS) is 6. The largest absolute Gasteiger partial charge is 0.508 e. The number of benzene rings is 2. The molecule has 53 heteroatoms. The molecule has 0 bridgehead atoms. The summed E-state index contributed by atoms with van der Waals surface area (Å²) in [5, 5.41) is 117. The number of aliphatic hydroxyl groups excluding tert-OH is 1. The average molecular weight is 1810 g/mol. The Morgan fingerprint density at radius 3 is 1.23 bits per heavy atom. The zero-order chi connectivity index (χ0) is 95.7. The van der Waals surface area contributed by atoms with E-state index in [0.717, 1.165) is 6.92 Å². The van der Waals surface area contributed by atoms with Crippen molar-refractivity contribution in [3.8, 4) is 5.75 Å². The van der Waals surface area contributed by atoms with Crippen molar-refractivity contribution in [2.24, 2.45) is 17.4 Å². The summed E-state index contributed by atoms with van der Waals surface area (Å²) in [6.07, 6.45) is -4.38. The van der Waals surface area contributed by atoms with Gasteiger partial charge in [0.15, 0.2) is 5.96 Å². The molecule has 2 aromatic carbocycles. The van der Waals surface area contributed by atoms with E-state index < -0.39 is 274 Å². The number of aromatic amines is 3. The van der Waals surface area contributed by atoms with E-state index in [0.29, 0.717) is 5.56 Å². The number of hydrogen-bond acceptors (Lipinski definition) is 26. The predicted octanol–water partition coefficient (Wildman–Crippen LogP) is -7.34. The molecule has 0 fully saturated rings. The Bertz CT molecular complexity index is 4650. The van der Waals surface area contributed by atoms with Gasteiger partial charge in [-0.2, -0.15) is 13.2 Å². The molecule has 0 aliphatic heterocycles. The van der Waals surface area contributed by atoms with Gasteiger partial charge in [0.2, 0.25) is 76.8 Å². The molecule has 0 radical (unpaired) electrons. The summed E-state index contributed by atoms with van der Waals surface area (Å²) in [5.74, 6) is -26.9. The normalized spacial score (nSPS) is 14.0. The van der Waals surface area contributed by atoms with Gasteiger partial charge in [-0.25, -0.2) is 24.5 Å². The minimum atomic E-state index is -5.08. The summed E-state index contributed by atoms with van der Waals surface area (Å²) in [7, 11) is 0. The van der Waals surface area contributed by atoms with Crippen molar-refractivity contribution in [3.05, 3.63) is 120 Å². The number of guanidine groups is 1. The SMILES string of the molecule is CC(C)[C@H](NC(=O)[C@H](CCC(=O)O)NC(=O)[C@H](Cc1ccc(O)cc1)NC(=O)CNC(=O)[C@H](CO)NC(=O)[C@H](CC(=O)O)NC(=O)[C@H](Cc1c[nH]cn1)NC(=O)[C@H](CCCNC(=N)N)NC(=O)[C@H](Cc1ccccc1)NC(=O)[C@H](CCC(=O)O)NC(=O)[C@H](C)NC(=O)[C@@H](N)CC(=O)O)C(=O)N[C@@H](Cc1c[nH]cn1)C(=O)N[C@@H](Cc1c[nH]cn1)C(=O)O.O=C(O)C(F)(F)F. The second-order valence-corrected chi connectivity index (χ2v) is 28.7. The molecular formula is C75H100F3N23O27. The molecule has 0 saturated heterocycles. The number of aromatic nitrogens is 6. The van der Waals surface area contributed by atoms with Gasteiger partial charge in [0.25, 0.3) is 0 Å². The highest BCUT2D eigenvalue weighted by molar-refractivity contribution is 6.01. The lowest BCUT2D eigenvalue weighted by Crippen LogP contribution is -2.61. The molecule has 3 heterocycles. The van der Waals surface area contributed by atoms with Crippen LogP contribution in [-0.4, -0.2) is 294 Å². The number of H-pyrrole nitrogens is 3. The van der Waals surface area contributed by atoms with Crippen molar-refractivity contribution in [1.82, 2.24) is 104 Å². The number of carboxylic acids is 6. The summed E-state index contributed by atoms with van der Waals surface area (Å²) in [6, 6.07) is -9.48. The minimum Gasteiger partial charge on any atom is -0.508 e. The Morgan fingerprint density at radius 1 is 0.430 bits per heavy atom. The van der Waals surface area contributed by atoms with Crippen LogP contribution in [0.3, 0.4) is 0 Å². The number of alkyl halides is 3. The third kappa shape index (κ3) is 38.7. The Hall–Kier alpha value is -15.2. The molecule has 128 heavy (non-hydrogen) atoms. The first-order valence-corrected chi connectivity index (χ1v) is 38.7. The van der Waals surface area contributed by atoms with Crippen LogP contribution in [0.5, 0.6) is 5.75 Å². The topological polar surface area (TPSA) is 817 Å². The van der Waals surface area contributed by atoms with E-state index in [1.54, 1.807) is 30.3 Å². The highest BCUT2D eigenvalue weighted by Gasteiger charge is 2.40. The van der Waals surface area contributed by atoms with E-state index in [1.807, 2.05) is 0 Å². The van der Waals surface area contributed by atoms with Crippen LogP contribution in [0.15, 0.2) is 92.2 Å². The number of phenols is 1. The van der Waals surface area contributed by atoms with Crippen molar-refractivity contribution in [2.45, 2.75) is 189 Å². The van der Waals surface area contributed by atoms with Gasteiger partial charge < -0.3 is 142 Å². The summed E-state index contributed by atoms with van der Waals surface area (Å²) in [6.45, 7) is 1.67. The summed E-state index contributed by atoms with van der Waals surface area (Å²) >= 11 is 0. The second kappa shape index (κ2) is 52.4. The fourth-order valence-electron chi connectivity index (χ4n) is 11.5. The molecule has 50 nitrogen and oxygen atoms in total. The Labute approximate surface area is 723 Å². The van der Waals surface area contributed by atoms with E-state index in [1.165, 1.54) is 75.7 Å². The van der Waals surface area contributed by atoms with Crippen LogP contribution in [0.25, 0.3) is 0 Å². The zero-order valence-corrected chi connectivity index (χ0v) is 68.5. The Kier molecular flexibility index (Phi) is 43.0. The lowest BCUT2D eigenvalue weighted by molar-refractivity contribution is -0.192. The molecule has 3 aromatic heterocycles. The van der Waals surface area contributed by atoms with Crippen LogP contribution in [0, 0.1) is 11.3 Å². The molecule has 0 aliphatic rings. The third-order valence-corrected chi connectivity index (χ3v) is 18.1. The van der Waals surface area contributed by atoms with Crippen LogP contribution in [0.2, 0.25) is 0 Å². The Morgan fingerprint density at radius 2 is 0.812 bits per heavy atom. The highest BCUT2D eigenvalue weighted by Crippen LogP contribution is 2.17. The monoisotopic (exact) mass is 1810 g/mol. The number of nitrogens with one attached hydrogen (secondary N) is 18. The lowest BCUT2D eigenvalue weighted by Gasteiger charge is -2.28. The van der Waals surface area contributed by atoms with E-state index in [9.17, 15) is 130 Å². The molecule has 0 aliphatic carbocycles. The zero-order valence-electron chi connectivity index (χ0n) is 68.5. The van der Waals surface area contributed by atoms with Gasteiger partial charge in [-0.3, -0.25) is 86.9 Å². The number of nitrogens with zero attached hydrogens (tertiary/aromatic N) is 3. The number of halogens is 3. The number of imidazole rings is 3. The molecule has 0 unspecified atom stereocenters. The second-order valence-electron chi connectivity index (χ2n) is 28.7. The molecule has 30 N–H and O–H groups in total. The van der Waals surface area contributed by atoms with Gasteiger partial charge >= 0.3 is 42.0 Å². The van der Waals surface area contributed by atoms with Gasteiger partial charge in [-0.05, 0) is 61.8 Å². The van der Waals surface area contributed by atoms with Crippen LogP contribution >= 0.6 is 0 Å². The van der Waals surface area contributed by atoms with E-state index in [2.05, 4.69) is 104 Å². The van der Waals surface area contributed by atoms with Gasteiger partial charge in [0, 0.05) is 70.1 Å². The van der Waals surface area contributed by atoms with Gasteiger partial charge in [0.1, 0.15) is 78.3 Å². The lowest BCUT2D eigenvalue weighted by atomic mass is 10.00. The van der Waals surface area contributed by atoms with E-state index >= 15 is 0 Å². The molecule has 5 aromatic rings. The number of aromatic hydroxyl groups is 1. The first-order chi connectivity index (χ1) is 60.2. The predicted molar refractivity (Wildman–Crippen MR) is 429 cm³/mol. The number of carbonyl (C=O) groups excluding carboxylic acids is 13. The van der Waals surface area contributed by atoms with Crippen molar-refractivity contribution in [1.29, 1.82) is 5.41 Å². The van der Waals surface area contributed by atoms with Crippen LogP contribution < -0.4 is 85.9 Å². The van der Waals surface area contributed by atoms with Gasteiger partial charge in [-0.15, -0.1) is 0 Å². The first-order valence-electron chi connectivity index (χ1n) is 38.7. The number of aliphatic carboxylic acids is 6. The standard InChI is InChI=1S/C73H99N23O25.C2HF3O2/c1-35(2)59(71(119)93-50(23-40-28-78-33-83-40)69(117)94-52(72(120)121)24-41-29-79-34-84-41)96-65(113)46(16-18-56(102)103)89-66(114)47(21-38-11-13-42(98)14-12-38)86-54(99)30-81-62(110)53(31-97)95-70(118)51(26-58(106)107)92-68(116)49(22-39-27-77-32-82-39)91-63(111)44(10-7-19-80-73(75)76)88-67(115)48(20-37-8-5-4-6-9-37)90-64(112)45(15-17-55(100)101)87-60(108)36(3)85-61(109)43(74)25-57(104)105;3-2(4,5)1(6)7/h4-6,8-9,11-14,27-29,32-36,43-53,59,97-98H,7,10,15-26,30-31,74H2,1-3H3,(H,77,82)(H,78,83)(H,79,84)(H,81,110)(H,85,109)(H,86,99)(H,87,108)(H,88,115)(H,89,114)(H,90,112)(H,91,111)(H,92,116)(H,93,119)(H,94,117)(H,95,118)(H,96,113)(H,100,101)(H,102,103)(H,104,105)(H,106,107)(H,120,121)(H4,75,76,80);(H,6,7)/t36-,43-,44-,45-,46-,47-,48-,49-,50-,51-,52-,53-,59-;/m0./s1. The molecule has 13 atom stereocenters. The Balaban J connectivity index is 0.00000469.